The minimum absolute atomic E-state index is 0.200. The summed E-state index contributed by atoms with van der Waals surface area (Å²) >= 11 is 0. The number of aromatic nitrogens is 4. The molecule has 1 aromatic heterocycles. The zero-order valence-electron chi connectivity index (χ0n) is 16.4. The average Bonchev–Trinajstić information content (AvgIpc) is 3.18. The molecule has 1 atom stereocenters. The highest BCUT2D eigenvalue weighted by molar-refractivity contribution is 5.40. The lowest BCUT2D eigenvalue weighted by Crippen LogP contribution is -2.28. The van der Waals surface area contributed by atoms with Crippen LogP contribution in [0.4, 0.5) is 4.39 Å². The fourth-order valence-electron chi connectivity index (χ4n) is 3.59. The van der Waals surface area contributed by atoms with E-state index in [1.165, 1.54) is 6.07 Å². The van der Waals surface area contributed by atoms with E-state index in [-0.39, 0.29) is 11.9 Å². The van der Waals surface area contributed by atoms with Gasteiger partial charge in [-0.3, -0.25) is 4.90 Å². The van der Waals surface area contributed by atoms with Gasteiger partial charge in [-0.25, -0.2) is 4.39 Å². The molecule has 0 unspecified atom stereocenters. The van der Waals surface area contributed by atoms with Crippen molar-refractivity contribution in [3.8, 4) is 5.69 Å². The molecule has 0 aliphatic rings. The van der Waals surface area contributed by atoms with Gasteiger partial charge < -0.3 is 0 Å². The Hall–Kier alpha value is -3.38. The van der Waals surface area contributed by atoms with Gasteiger partial charge in [0.05, 0.1) is 11.7 Å². The molecule has 0 spiro atoms. The molecule has 0 aliphatic carbocycles. The molecule has 0 fully saturated rings. The number of para-hydroxylation sites is 1. The van der Waals surface area contributed by atoms with Gasteiger partial charge in [-0.15, -0.1) is 5.10 Å². The maximum Gasteiger partial charge on any atom is 0.178 e. The van der Waals surface area contributed by atoms with E-state index in [1.54, 1.807) is 16.8 Å². The molecule has 0 N–H and O–H groups in total. The zero-order chi connectivity index (χ0) is 20.2. The van der Waals surface area contributed by atoms with Gasteiger partial charge in [0.1, 0.15) is 5.82 Å². The lowest BCUT2D eigenvalue weighted by atomic mass is 10.0. The third-order valence-corrected chi connectivity index (χ3v) is 4.96. The van der Waals surface area contributed by atoms with Gasteiger partial charge in [0, 0.05) is 6.54 Å². The number of hydrogen-bond donors (Lipinski definition) is 0. The fraction of sp³-hybridized carbons (Fsp3) is 0.174. The van der Waals surface area contributed by atoms with Crippen molar-refractivity contribution in [1.82, 2.24) is 25.1 Å². The van der Waals surface area contributed by atoms with Gasteiger partial charge in [-0.1, -0.05) is 60.7 Å². The summed E-state index contributed by atoms with van der Waals surface area (Å²) in [6, 6.07) is 24.6. The van der Waals surface area contributed by atoms with Gasteiger partial charge in [-0.05, 0) is 59.3 Å². The molecular weight excluding hydrogens is 365 g/mol. The van der Waals surface area contributed by atoms with E-state index in [4.69, 9.17) is 0 Å². The highest BCUT2D eigenvalue weighted by Gasteiger charge is 2.26. The highest BCUT2D eigenvalue weighted by atomic mass is 19.1. The number of nitrogens with zero attached hydrogens (tertiary/aromatic N) is 5. The first-order valence-corrected chi connectivity index (χ1v) is 9.47. The molecule has 0 saturated carbocycles. The average molecular weight is 387 g/mol. The maximum atomic E-state index is 13.7. The Labute approximate surface area is 169 Å². The van der Waals surface area contributed by atoms with Gasteiger partial charge in [0.25, 0.3) is 0 Å². The number of benzene rings is 3. The van der Waals surface area contributed by atoms with Crippen molar-refractivity contribution in [3.05, 3.63) is 107 Å². The van der Waals surface area contributed by atoms with Crippen LogP contribution in [0.2, 0.25) is 0 Å². The van der Waals surface area contributed by atoms with Crippen molar-refractivity contribution in [2.24, 2.45) is 0 Å². The van der Waals surface area contributed by atoms with E-state index >= 15 is 0 Å². The second-order valence-electron chi connectivity index (χ2n) is 7.09. The summed E-state index contributed by atoms with van der Waals surface area (Å²) in [4.78, 5) is 2.13. The summed E-state index contributed by atoms with van der Waals surface area (Å²) in [7, 11) is 2.00. The summed E-state index contributed by atoms with van der Waals surface area (Å²) in [5, 5.41) is 12.6. The molecule has 4 rings (SSSR count). The zero-order valence-corrected chi connectivity index (χ0v) is 16.4. The molecule has 5 nitrogen and oxygen atoms in total. The Morgan fingerprint density at radius 1 is 0.966 bits per heavy atom. The molecule has 4 aromatic rings. The fourth-order valence-corrected chi connectivity index (χ4v) is 3.59. The van der Waals surface area contributed by atoms with E-state index < -0.39 is 0 Å². The van der Waals surface area contributed by atoms with Crippen molar-refractivity contribution in [2.45, 2.75) is 19.5 Å². The maximum absolute atomic E-state index is 13.7. The first-order chi connectivity index (χ1) is 14.1. The lowest BCUT2D eigenvalue weighted by molar-refractivity contribution is 0.258. The summed E-state index contributed by atoms with van der Waals surface area (Å²) in [5.41, 5.74) is 3.98. The van der Waals surface area contributed by atoms with Crippen LogP contribution in [-0.4, -0.2) is 32.2 Å². The molecule has 1 heterocycles. The number of halogens is 1. The Morgan fingerprint density at radius 3 is 2.48 bits per heavy atom. The largest absolute Gasteiger partial charge is 0.288 e. The van der Waals surface area contributed by atoms with Crippen LogP contribution in [-0.2, 0) is 6.54 Å². The Bertz CT molecular complexity index is 1090. The Kier molecular flexibility index (Phi) is 5.44. The number of aryl methyl sites for hydroxylation is 1. The summed E-state index contributed by atoms with van der Waals surface area (Å²) in [6.45, 7) is 2.59. The van der Waals surface area contributed by atoms with Crippen molar-refractivity contribution >= 4 is 0 Å². The van der Waals surface area contributed by atoms with Crippen LogP contribution in [0.1, 0.15) is 28.6 Å². The van der Waals surface area contributed by atoms with Crippen LogP contribution in [0.25, 0.3) is 5.69 Å². The van der Waals surface area contributed by atoms with Crippen molar-refractivity contribution < 1.29 is 4.39 Å². The molecule has 0 radical (unpaired) electrons. The minimum Gasteiger partial charge on any atom is -0.288 e. The quantitative estimate of drug-likeness (QED) is 0.494. The predicted molar refractivity (Wildman–Crippen MR) is 110 cm³/mol. The first kappa shape index (κ1) is 19.0. The predicted octanol–water partition coefficient (Wildman–Crippen LogP) is 4.33. The third-order valence-electron chi connectivity index (χ3n) is 4.96. The van der Waals surface area contributed by atoms with E-state index in [0.29, 0.717) is 12.4 Å². The van der Waals surface area contributed by atoms with Crippen LogP contribution >= 0.6 is 0 Å². The molecule has 29 heavy (non-hydrogen) atoms. The van der Waals surface area contributed by atoms with Crippen molar-refractivity contribution in [3.63, 3.8) is 0 Å². The summed E-state index contributed by atoms with van der Waals surface area (Å²) < 4.78 is 15.5. The second-order valence-corrected chi connectivity index (χ2v) is 7.09. The third kappa shape index (κ3) is 4.07. The molecule has 6 heteroatoms. The van der Waals surface area contributed by atoms with Crippen LogP contribution in [0.15, 0.2) is 78.9 Å². The topological polar surface area (TPSA) is 46.8 Å². The standard InChI is InChI=1S/C23H22FN5/c1-17-9-6-7-14-21(17)29-23(25-26-27-29)22(19-11-4-3-5-12-19)28(2)16-18-10-8-13-20(24)15-18/h3-15,22H,16H2,1-2H3/t22-/m0/s1. The molecule has 146 valence electrons. The molecule has 0 bridgehead atoms. The van der Waals surface area contributed by atoms with Gasteiger partial charge in [-0.2, -0.15) is 4.68 Å². The van der Waals surface area contributed by atoms with Crippen molar-refractivity contribution in [2.75, 3.05) is 7.05 Å². The monoisotopic (exact) mass is 387 g/mol. The van der Waals surface area contributed by atoms with E-state index in [2.05, 4.69) is 32.6 Å². The van der Waals surface area contributed by atoms with Gasteiger partial charge in [0.15, 0.2) is 5.82 Å². The Balaban J connectivity index is 1.77. The molecular formula is C23H22FN5. The number of rotatable bonds is 6. The lowest BCUT2D eigenvalue weighted by Gasteiger charge is -2.28. The smallest absolute Gasteiger partial charge is 0.178 e. The SMILES string of the molecule is Cc1ccccc1-n1nnnc1[C@H](c1ccccc1)N(C)Cc1cccc(F)c1. The van der Waals surface area contributed by atoms with Gasteiger partial charge >= 0.3 is 0 Å². The minimum atomic E-state index is -0.239. The van der Waals surface area contributed by atoms with Gasteiger partial charge in [0.2, 0.25) is 0 Å². The normalized spacial score (nSPS) is 12.3. The molecule has 3 aromatic carbocycles. The second kappa shape index (κ2) is 8.32. The summed E-state index contributed by atoms with van der Waals surface area (Å²) in [6.07, 6.45) is 0. The summed E-state index contributed by atoms with van der Waals surface area (Å²) in [5.74, 6) is 0.473. The first-order valence-electron chi connectivity index (χ1n) is 9.47. The van der Waals surface area contributed by atoms with Crippen LogP contribution in [0, 0.1) is 12.7 Å². The molecule has 0 amide bonds. The van der Waals surface area contributed by atoms with Crippen LogP contribution in [0.3, 0.4) is 0 Å². The van der Waals surface area contributed by atoms with Crippen LogP contribution < -0.4 is 0 Å². The van der Waals surface area contributed by atoms with E-state index in [1.807, 2.05) is 62.5 Å². The van der Waals surface area contributed by atoms with E-state index in [9.17, 15) is 4.39 Å². The van der Waals surface area contributed by atoms with Crippen LogP contribution in [0.5, 0.6) is 0 Å². The number of tetrazole rings is 1. The van der Waals surface area contributed by atoms with E-state index in [0.717, 1.165) is 22.4 Å². The Morgan fingerprint density at radius 2 is 1.72 bits per heavy atom. The molecule has 0 aliphatic heterocycles. The highest BCUT2D eigenvalue weighted by Crippen LogP contribution is 2.29. The molecule has 0 saturated heterocycles. The van der Waals surface area contributed by atoms with Crippen molar-refractivity contribution in [1.29, 1.82) is 0 Å². The number of hydrogen-bond acceptors (Lipinski definition) is 4.